The molecule has 0 spiro atoms. The van der Waals surface area contributed by atoms with Gasteiger partial charge in [-0.15, -0.1) is 0 Å². The number of aliphatic hydroxyl groups is 1. The summed E-state index contributed by atoms with van der Waals surface area (Å²) in [6.07, 6.45) is 2.18. The molecule has 122 valence electrons. The quantitative estimate of drug-likeness (QED) is 0.743. The third-order valence-corrected chi connectivity index (χ3v) is 3.74. The van der Waals surface area contributed by atoms with Gasteiger partial charge >= 0.3 is 0 Å². The van der Waals surface area contributed by atoms with Crippen molar-refractivity contribution in [1.82, 2.24) is 9.80 Å². The topological polar surface area (TPSA) is 53.0 Å². The summed E-state index contributed by atoms with van der Waals surface area (Å²) in [6, 6.07) is 6.64. The van der Waals surface area contributed by atoms with E-state index in [1.165, 1.54) is 6.07 Å². The molecule has 0 bridgehead atoms. The molecule has 1 N–H and O–H groups in total. The second-order valence-electron chi connectivity index (χ2n) is 5.52. The predicted molar refractivity (Wildman–Crippen MR) is 81.2 cm³/mol. The molecule has 0 atom stereocenters. The lowest BCUT2D eigenvalue weighted by molar-refractivity contribution is -0.131. The van der Waals surface area contributed by atoms with Crippen molar-refractivity contribution in [2.75, 3.05) is 39.9 Å². The first-order valence-electron chi connectivity index (χ1n) is 7.58. The molecule has 0 radical (unpaired) electrons. The average Bonchev–Trinajstić information content (AvgIpc) is 3.33. The van der Waals surface area contributed by atoms with Gasteiger partial charge in [0.1, 0.15) is 6.61 Å². The van der Waals surface area contributed by atoms with Gasteiger partial charge in [0, 0.05) is 19.6 Å². The lowest BCUT2D eigenvalue weighted by Gasteiger charge is -2.24. The number of hydrogen-bond donors (Lipinski definition) is 1. The average molecular weight is 310 g/mol. The number of benzene rings is 1. The van der Waals surface area contributed by atoms with Crippen molar-refractivity contribution < 1.29 is 19.0 Å². The molecule has 1 aliphatic carbocycles. The number of carbonyl (C=O) groups excluding carboxylic acids is 1. The molecule has 0 unspecified atom stereocenters. The van der Waals surface area contributed by atoms with Gasteiger partial charge in [0.2, 0.25) is 5.91 Å². The summed E-state index contributed by atoms with van der Waals surface area (Å²) in [5, 5.41) is 9.04. The lowest BCUT2D eigenvalue weighted by atomic mass is 10.3. The van der Waals surface area contributed by atoms with Crippen LogP contribution in [0.5, 0.6) is 5.75 Å². The number of halogens is 1. The van der Waals surface area contributed by atoms with E-state index >= 15 is 0 Å². The number of likely N-dealkylation sites (N-methyl/N-ethyl adjacent to an activating group) is 1. The van der Waals surface area contributed by atoms with E-state index in [0.717, 1.165) is 12.8 Å². The maximum Gasteiger partial charge on any atom is 0.236 e. The second kappa shape index (κ2) is 8.10. The van der Waals surface area contributed by atoms with Crippen molar-refractivity contribution in [3.8, 4) is 5.75 Å². The summed E-state index contributed by atoms with van der Waals surface area (Å²) >= 11 is 0. The van der Waals surface area contributed by atoms with Gasteiger partial charge in [0.15, 0.2) is 11.6 Å². The monoisotopic (exact) mass is 310 g/mol. The second-order valence-corrected chi connectivity index (χ2v) is 5.52. The molecule has 6 heteroatoms. The summed E-state index contributed by atoms with van der Waals surface area (Å²) in [5.74, 6) is -0.222. The molecule has 0 aromatic heterocycles. The van der Waals surface area contributed by atoms with Crippen LogP contribution in [0.3, 0.4) is 0 Å². The Kier molecular flexibility index (Phi) is 6.15. The van der Waals surface area contributed by atoms with E-state index in [-0.39, 0.29) is 24.9 Å². The molecule has 1 saturated carbocycles. The molecule has 1 amide bonds. The third kappa shape index (κ3) is 4.96. The highest BCUT2D eigenvalue weighted by Crippen LogP contribution is 2.26. The number of amides is 1. The maximum absolute atomic E-state index is 13.4. The molecular weight excluding hydrogens is 287 g/mol. The van der Waals surface area contributed by atoms with Gasteiger partial charge in [0.25, 0.3) is 0 Å². The molecule has 1 aliphatic rings. The molecule has 1 fully saturated rings. The number of aliphatic hydroxyl groups excluding tert-OH is 1. The molecule has 0 heterocycles. The van der Waals surface area contributed by atoms with Crippen molar-refractivity contribution in [3.63, 3.8) is 0 Å². The van der Waals surface area contributed by atoms with Gasteiger partial charge in [0.05, 0.1) is 19.7 Å². The van der Waals surface area contributed by atoms with Gasteiger partial charge in [-0.1, -0.05) is 12.1 Å². The highest BCUT2D eigenvalue weighted by Gasteiger charge is 2.30. The Labute approximate surface area is 130 Å². The van der Waals surface area contributed by atoms with Crippen molar-refractivity contribution >= 4 is 5.91 Å². The maximum atomic E-state index is 13.4. The molecule has 1 aromatic rings. The minimum Gasteiger partial charge on any atom is -0.489 e. The van der Waals surface area contributed by atoms with E-state index in [1.807, 2.05) is 4.90 Å². The Morgan fingerprint density at radius 1 is 1.36 bits per heavy atom. The van der Waals surface area contributed by atoms with Gasteiger partial charge in [-0.2, -0.15) is 0 Å². The van der Waals surface area contributed by atoms with Gasteiger partial charge in [-0.25, -0.2) is 4.39 Å². The summed E-state index contributed by atoms with van der Waals surface area (Å²) in [5.41, 5.74) is 0. The Bertz CT molecular complexity index is 494. The molecule has 22 heavy (non-hydrogen) atoms. The third-order valence-electron chi connectivity index (χ3n) is 3.74. The molecular formula is C16H23FN2O3. The summed E-state index contributed by atoms with van der Waals surface area (Å²) in [6.45, 7) is 1.53. The molecule has 5 nitrogen and oxygen atoms in total. The van der Waals surface area contributed by atoms with Crippen LogP contribution in [-0.2, 0) is 4.79 Å². The first-order chi connectivity index (χ1) is 10.6. The van der Waals surface area contributed by atoms with Crippen LogP contribution in [-0.4, -0.2) is 66.8 Å². The van der Waals surface area contributed by atoms with Crippen LogP contribution >= 0.6 is 0 Å². The number of rotatable bonds is 9. The number of nitrogens with zero attached hydrogens (tertiary/aromatic N) is 2. The first kappa shape index (κ1) is 16.7. The minimum atomic E-state index is -0.403. The fourth-order valence-corrected chi connectivity index (χ4v) is 2.23. The summed E-state index contributed by atoms with van der Waals surface area (Å²) < 4.78 is 18.7. The first-order valence-corrected chi connectivity index (χ1v) is 7.58. The van der Waals surface area contributed by atoms with Crippen molar-refractivity contribution in [2.24, 2.45) is 0 Å². The van der Waals surface area contributed by atoms with Crippen LogP contribution in [0.4, 0.5) is 4.39 Å². The smallest absolute Gasteiger partial charge is 0.236 e. The molecule has 0 aliphatic heterocycles. The minimum absolute atomic E-state index is 0.0162. The fraction of sp³-hybridized carbons (Fsp3) is 0.562. The van der Waals surface area contributed by atoms with Gasteiger partial charge in [-0.05, 0) is 25.0 Å². The normalized spacial score (nSPS) is 14.2. The van der Waals surface area contributed by atoms with E-state index in [4.69, 9.17) is 9.84 Å². The van der Waals surface area contributed by atoms with Gasteiger partial charge < -0.3 is 14.7 Å². The SMILES string of the molecule is CN(CCOc1ccccc1F)C(=O)CN(CCO)C1CC1. The summed E-state index contributed by atoms with van der Waals surface area (Å²) in [7, 11) is 1.71. The number of para-hydroxylation sites is 1. The Morgan fingerprint density at radius 3 is 2.73 bits per heavy atom. The number of carbonyl (C=O) groups is 1. The molecule has 2 rings (SSSR count). The van der Waals surface area contributed by atoms with Gasteiger partial charge in [-0.3, -0.25) is 9.69 Å². The van der Waals surface area contributed by atoms with E-state index < -0.39 is 5.82 Å². The zero-order valence-corrected chi connectivity index (χ0v) is 12.9. The van der Waals surface area contributed by atoms with Crippen LogP contribution in [0.15, 0.2) is 24.3 Å². The van der Waals surface area contributed by atoms with Crippen molar-refractivity contribution in [2.45, 2.75) is 18.9 Å². The van der Waals surface area contributed by atoms with Crippen LogP contribution in [0.2, 0.25) is 0 Å². The lowest BCUT2D eigenvalue weighted by Crippen LogP contribution is -2.41. The number of hydrogen-bond acceptors (Lipinski definition) is 4. The standard InChI is InChI=1S/C16H23FN2O3/c1-18(9-11-22-15-5-3-2-4-14(15)17)16(21)12-19(8-10-20)13-6-7-13/h2-5,13,20H,6-12H2,1H3. The van der Waals surface area contributed by atoms with Crippen molar-refractivity contribution in [3.05, 3.63) is 30.1 Å². The zero-order valence-electron chi connectivity index (χ0n) is 12.9. The van der Waals surface area contributed by atoms with Crippen LogP contribution < -0.4 is 4.74 Å². The van der Waals surface area contributed by atoms with Crippen molar-refractivity contribution in [1.29, 1.82) is 0 Å². The van der Waals surface area contributed by atoms with Crippen LogP contribution in [0.1, 0.15) is 12.8 Å². The molecule has 0 saturated heterocycles. The van der Waals surface area contributed by atoms with Crippen LogP contribution in [0, 0.1) is 5.82 Å². The Hall–Kier alpha value is -1.66. The predicted octanol–water partition coefficient (Wildman–Crippen LogP) is 1.12. The van der Waals surface area contributed by atoms with E-state index in [0.29, 0.717) is 25.7 Å². The van der Waals surface area contributed by atoms with Crippen LogP contribution in [0.25, 0.3) is 0 Å². The summed E-state index contributed by atoms with van der Waals surface area (Å²) in [4.78, 5) is 15.7. The Morgan fingerprint density at radius 2 is 2.09 bits per heavy atom. The molecule has 1 aromatic carbocycles. The highest BCUT2D eigenvalue weighted by molar-refractivity contribution is 5.78. The van der Waals surface area contributed by atoms with E-state index in [2.05, 4.69) is 0 Å². The number of ether oxygens (including phenoxy) is 1. The highest BCUT2D eigenvalue weighted by atomic mass is 19.1. The fourth-order valence-electron chi connectivity index (χ4n) is 2.23. The zero-order chi connectivity index (χ0) is 15.9. The van der Waals surface area contributed by atoms with E-state index in [9.17, 15) is 9.18 Å². The van der Waals surface area contributed by atoms with E-state index in [1.54, 1.807) is 30.1 Å². The Balaban J connectivity index is 1.73. The largest absolute Gasteiger partial charge is 0.489 e.